The first-order chi connectivity index (χ1) is 6.29. The van der Waals surface area contributed by atoms with Crippen LogP contribution in [0.3, 0.4) is 0 Å². The van der Waals surface area contributed by atoms with Crippen LogP contribution in [0.1, 0.15) is 31.5 Å². The van der Waals surface area contributed by atoms with Crippen LogP contribution in [0.15, 0.2) is 4.52 Å². The van der Waals surface area contributed by atoms with Crippen LogP contribution in [0.4, 0.5) is 0 Å². The third kappa shape index (κ3) is 1.94. The molecule has 1 aromatic rings. The Morgan fingerprint density at radius 2 is 2.38 bits per heavy atom. The van der Waals surface area contributed by atoms with Gasteiger partial charge in [0.05, 0.1) is 6.42 Å². The van der Waals surface area contributed by atoms with Crippen molar-refractivity contribution in [1.29, 1.82) is 0 Å². The number of aromatic nitrogens is 2. The van der Waals surface area contributed by atoms with Crippen LogP contribution in [-0.2, 0) is 17.6 Å². The first-order valence-corrected chi connectivity index (χ1v) is 4.63. The predicted molar refractivity (Wildman–Crippen MR) is 45.1 cm³/mol. The lowest BCUT2D eigenvalue weighted by Gasteiger charge is -1.90. The van der Waals surface area contributed by atoms with Gasteiger partial charge in [-0.05, 0) is 12.8 Å². The lowest BCUT2D eigenvalue weighted by molar-refractivity contribution is -0.119. The van der Waals surface area contributed by atoms with E-state index in [4.69, 9.17) is 4.52 Å². The van der Waals surface area contributed by atoms with Gasteiger partial charge in [0.2, 0.25) is 5.89 Å². The van der Waals surface area contributed by atoms with Gasteiger partial charge in [0, 0.05) is 12.3 Å². The molecule has 0 aliphatic heterocycles. The Labute approximate surface area is 76.3 Å². The van der Waals surface area contributed by atoms with Crippen LogP contribution in [0.5, 0.6) is 0 Å². The number of hydrogen-bond acceptors (Lipinski definition) is 4. The minimum Gasteiger partial charge on any atom is -0.339 e. The number of nitrogens with zero attached hydrogens (tertiary/aromatic N) is 2. The normalized spacial score (nSPS) is 16.1. The highest BCUT2D eigenvalue weighted by molar-refractivity contribution is 5.84. The molecule has 0 N–H and O–H groups in total. The lowest BCUT2D eigenvalue weighted by Crippen LogP contribution is -2.04. The molecule has 0 spiro atoms. The van der Waals surface area contributed by atoms with Crippen LogP contribution in [0, 0.1) is 5.92 Å². The molecule has 1 aliphatic carbocycles. The molecule has 0 atom stereocenters. The second-order valence-electron chi connectivity index (χ2n) is 3.38. The topological polar surface area (TPSA) is 56.0 Å². The van der Waals surface area contributed by atoms with Gasteiger partial charge in [0.25, 0.3) is 0 Å². The first-order valence-electron chi connectivity index (χ1n) is 4.63. The molecular formula is C9H12N2O2. The fraction of sp³-hybridized carbons (Fsp3) is 0.667. The number of carbonyl (C=O) groups excluding carboxylic acids is 1. The zero-order valence-corrected chi connectivity index (χ0v) is 7.62. The minimum atomic E-state index is 0.242. The zero-order valence-electron chi connectivity index (χ0n) is 7.62. The number of ketones is 1. The predicted octanol–water partition coefficient (Wildman–Crippen LogP) is 1.15. The van der Waals surface area contributed by atoms with Crippen molar-refractivity contribution in [2.45, 2.75) is 32.6 Å². The summed E-state index contributed by atoms with van der Waals surface area (Å²) in [4.78, 5) is 15.4. The van der Waals surface area contributed by atoms with Gasteiger partial charge in [0.1, 0.15) is 5.78 Å². The number of carbonyl (C=O) groups is 1. The largest absolute Gasteiger partial charge is 0.339 e. The highest BCUT2D eigenvalue weighted by Gasteiger charge is 2.30. The van der Waals surface area contributed by atoms with E-state index in [2.05, 4.69) is 10.1 Å². The SMILES string of the molecule is CCc1noc(CC(=O)C2CC2)n1. The van der Waals surface area contributed by atoms with Crippen LogP contribution in [-0.4, -0.2) is 15.9 Å². The van der Waals surface area contributed by atoms with E-state index in [0.29, 0.717) is 18.1 Å². The molecule has 1 saturated carbocycles. The molecule has 2 rings (SSSR count). The highest BCUT2D eigenvalue weighted by Crippen LogP contribution is 2.30. The molecule has 0 saturated heterocycles. The van der Waals surface area contributed by atoms with E-state index < -0.39 is 0 Å². The summed E-state index contributed by atoms with van der Waals surface area (Å²) < 4.78 is 4.92. The second kappa shape index (κ2) is 3.28. The van der Waals surface area contributed by atoms with Crippen LogP contribution in [0.2, 0.25) is 0 Å². The van der Waals surface area contributed by atoms with Crippen molar-refractivity contribution < 1.29 is 9.32 Å². The molecule has 1 aliphatic rings. The van der Waals surface area contributed by atoms with E-state index >= 15 is 0 Å². The Bertz CT molecular complexity index is 315. The average Bonchev–Trinajstić information content (AvgIpc) is 2.88. The van der Waals surface area contributed by atoms with Gasteiger partial charge in [-0.2, -0.15) is 4.98 Å². The summed E-state index contributed by atoms with van der Waals surface area (Å²) in [5.41, 5.74) is 0. The molecule has 1 aromatic heterocycles. The zero-order chi connectivity index (χ0) is 9.26. The summed E-state index contributed by atoms with van der Waals surface area (Å²) in [7, 11) is 0. The molecule has 4 nitrogen and oxygen atoms in total. The number of Topliss-reactive ketones (excluding diaryl/α,β-unsaturated/α-hetero) is 1. The van der Waals surface area contributed by atoms with Crippen molar-refractivity contribution in [3.8, 4) is 0 Å². The van der Waals surface area contributed by atoms with E-state index in [9.17, 15) is 4.79 Å². The smallest absolute Gasteiger partial charge is 0.234 e. The van der Waals surface area contributed by atoms with Crippen LogP contribution < -0.4 is 0 Å². The van der Waals surface area contributed by atoms with E-state index in [1.54, 1.807) is 0 Å². The van der Waals surface area contributed by atoms with Crippen molar-refractivity contribution in [3.05, 3.63) is 11.7 Å². The molecule has 4 heteroatoms. The molecule has 1 heterocycles. The molecule has 70 valence electrons. The maximum Gasteiger partial charge on any atom is 0.234 e. The Kier molecular flexibility index (Phi) is 2.12. The molecule has 0 aromatic carbocycles. The summed E-state index contributed by atoms with van der Waals surface area (Å²) >= 11 is 0. The first kappa shape index (κ1) is 8.41. The van der Waals surface area contributed by atoms with E-state index in [1.807, 2.05) is 6.92 Å². The van der Waals surface area contributed by atoms with Gasteiger partial charge < -0.3 is 4.52 Å². The quantitative estimate of drug-likeness (QED) is 0.697. The highest BCUT2D eigenvalue weighted by atomic mass is 16.5. The van der Waals surface area contributed by atoms with E-state index in [0.717, 1.165) is 19.3 Å². The Morgan fingerprint density at radius 1 is 1.62 bits per heavy atom. The number of hydrogen-bond donors (Lipinski definition) is 0. The van der Waals surface area contributed by atoms with Crippen molar-refractivity contribution in [2.75, 3.05) is 0 Å². The monoisotopic (exact) mass is 180 g/mol. The lowest BCUT2D eigenvalue weighted by atomic mass is 10.2. The van der Waals surface area contributed by atoms with Crippen LogP contribution in [0.25, 0.3) is 0 Å². The third-order valence-corrected chi connectivity index (χ3v) is 2.18. The molecular weight excluding hydrogens is 168 g/mol. The molecule has 1 fully saturated rings. The maximum absolute atomic E-state index is 11.3. The van der Waals surface area contributed by atoms with Crippen molar-refractivity contribution in [2.24, 2.45) is 5.92 Å². The van der Waals surface area contributed by atoms with Crippen molar-refractivity contribution >= 4 is 5.78 Å². The van der Waals surface area contributed by atoms with Gasteiger partial charge >= 0.3 is 0 Å². The van der Waals surface area contributed by atoms with Gasteiger partial charge in [-0.1, -0.05) is 12.1 Å². The van der Waals surface area contributed by atoms with E-state index in [1.165, 1.54) is 0 Å². The third-order valence-electron chi connectivity index (χ3n) is 2.18. The number of rotatable bonds is 4. The van der Waals surface area contributed by atoms with E-state index in [-0.39, 0.29) is 11.7 Å². The average molecular weight is 180 g/mol. The van der Waals surface area contributed by atoms with Crippen LogP contribution >= 0.6 is 0 Å². The fourth-order valence-electron chi connectivity index (χ4n) is 1.20. The maximum atomic E-state index is 11.3. The summed E-state index contributed by atoms with van der Waals surface area (Å²) in [6, 6.07) is 0. The Hall–Kier alpha value is -1.19. The summed E-state index contributed by atoms with van der Waals surface area (Å²) in [5.74, 6) is 1.66. The van der Waals surface area contributed by atoms with Gasteiger partial charge in [-0.15, -0.1) is 0 Å². The van der Waals surface area contributed by atoms with Crippen molar-refractivity contribution in [3.63, 3.8) is 0 Å². The summed E-state index contributed by atoms with van der Waals surface area (Å²) in [6.45, 7) is 1.96. The Morgan fingerprint density at radius 3 is 2.92 bits per heavy atom. The molecule has 0 radical (unpaired) electrons. The van der Waals surface area contributed by atoms with Gasteiger partial charge in [-0.25, -0.2) is 0 Å². The summed E-state index contributed by atoms with van der Waals surface area (Å²) in [6.07, 6.45) is 3.14. The molecule has 13 heavy (non-hydrogen) atoms. The molecule has 0 unspecified atom stereocenters. The van der Waals surface area contributed by atoms with Crippen molar-refractivity contribution in [1.82, 2.24) is 10.1 Å². The minimum absolute atomic E-state index is 0.242. The molecule has 0 bridgehead atoms. The Balaban J connectivity index is 1.96. The molecule has 0 amide bonds. The summed E-state index contributed by atoms with van der Waals surface area (Å²) in [5, 5.41) is 3.73. The van der Waals surface area contributed by atoms with Gasteiger partial charge in [0.15, 0.2) is 5.82 Å². The standard InChI is InChI=1S/C9H12N2O2/c1-2-8-10-9(13-11-8)5-7(12)6-3-4-6/h6H,2-5H2,1H3. The number of aryl methyl sites for hydroxylation is 1. The van der Waals surface area contributed by atoms with Gasteiger partial charge in [-0.3, -0.25) is 4.79 Å². The second-order valence-corrected chi connectivity index (χ2v) is 3.38. The fourth-order valence-corrected chi connectivity index (χ4v) is 1.20.